The van der Waals surface area contributed by atoms with Crippen molar-refractivity contribution in [3.8, 4) is 0 Å². The van der Waals surface area contributed by atoms with E-state index >= 15 is 0 Å². The summed E-state index contributed by atoms with van der Waals surface area (Å²) in [4.78, 5) is 13.5. The van der Waals surface area contributed by atoms with Crippen LogP contribution < -0.4 is 4.90 Å². The average molecular weight is 263 g/mol. The Morgan fingerprint density at radius 2 is 2.28 bits per heavy atom. The maximum absolute atomic E-state index is 9.25. The van der Waals surface area contributed by atoms with E-state index in [0.717, 1.165) is 30.2 Å². The van der Waals surface area contributed by atoms with Crippen LogP contribution in [0.25, 0.3) is 10.2 Å². The Hall–Kier alpha value is -1.20. The Bertz CT molecular complexity index is 581. The van der Waals surface area contributed by atoms with Crippen LogP contribution in [0.2, 0.25) is 0 Å². The number of fused-ring (bicyclic) bond motifs is 1. The van der Waals surface area contributed by atoms with Gasteiger partial charge in [-0.3, -0.25) is 0 Å². The highest BCUT2D eigenvalue weighted by molar-refractivity contribution is 7.18. The topological polar surface area (TPSA) is 49.2 Å². The zero-order chi connectivity index (χ0) is 12.7. The fourth-order valence-electron chi connectivity index (χ4n) is 2.58. The molecule has 5 heteroatoms. The fourth-order valence-corrected chi connectivity index (χ4v) is 3.57. The molecule has 4 nitrogen and oxygen atoms in total. The molecule has 0 saturated carbocycles. The van der Waals surface area contributed by atoms with Gasteiger partial charge in [-0.05, 0) is 25.8 Å². The molecule has 18 heavy (non-hydrogen) atoms. The second-order valence-corrected chi connectivity index (χ2v) is 6.15. The maximum Gasteiger partial charge on any atom is 0.141 e. The van der Waals surface area contributed by atoms with Crippen molar-refractivity contribution in [3.63, 3.8) is 0 Å². The minimum Gasteiger partial charge on any atom is -0.396 e. The van der Waals surface area contributed by atoms with E-state index in [1.54, 1.807) is 17.7 Å². The molecule has 1 fully saturated rings. The van der Waals surface area contributed by atoms with E-state index in [9.17, 15) is 5.11 Å². The van der Waals surface area contributed by atoms with Crippen LogP contribution in [-0.2, 0) is 0 Å². The lowest BCUT2D eigenvalue weighted by Crippen LogP contribution is -2.22. The second-order valence-electron chi connectivity index (χ2n) is 4.94. The Morgan fingerprint density at radius 3 is 3.00 bits per heavy atom. The number of anilines is 1. The molecule has 0 bridgehead atoms. The number of hydrogen-bond donors (Lipinski definition) is 1. The number of rotatable bonds is 2. The molecule has 0 amide bonds. The quantitative estimate of drug-likeness (QED) is 0.901. The van der Waals surface area contributed by atoms with Crippen LogP contribution in [0.4, 0.5) is 5.82 Å². The van der Waals surface area contributed by atoms with Crippen molar-refractivity contribution in [2.45, 2.75) is 20.3 Å². The van der Waals surface area contributed by atoms with Crippen LogP contribution >= 0.6 is 11.3 Å². The average Bonchev–Trinajstić information content (AvgIpc) is 2.95. The molecular formula is C13H17N3OS. The predicted molar refractivity (Wildman–Crippen MR) is 74.3 cm³/mol. The molecule has 96 valence electrons. The van der Waals surface area contributed by atoms with Gasteiger partial charge in [0.25, 0.3) is 0 Å². The van der Waals surface area contributed by atoms with E-state index < -0.39 is 0 Å². The van der Waals surface area contributed by atoms with Crippen LogP contribution in [0.3, 0.4) is 0 Å². The van der Waals surface area contributed by atoms with Gasteiger partial charge in [0.2, 0.25) is 0 Å². The monoisotopic (exact) mass is 263 g/mol. The van der Waals surface area contributed by atoms with Gasteiger partial charge in [-0.1, -0.05) is 0 Å². The number of aryl methyl sites for hydroxylation is 2. The molecule has 1 N–H and O–H groups in total. The van der Waals surface area contributed by atoms with Gasteiger partial charge in [0, 0.05) is 30.5 Å². The summed E-state index contributed by atoms with van der Waals surface area (Å²) in [5.41, 5.74) is 1.29. The first kappa shape index (κ1) is 11.9. The number of thiophene rings is 1. The molecule has 2 aromatic rings. The SMILES string of the molecule is Cc1sc2ncnc(N3CCC(CO)C3)c2c1C. The third-order valence-corrected chi connectivity index (χ3v) is 4.90. The van der Waals surface area contributed by atoms with Crippen molar-refractivity contribution in [2.75, 3.05) is 24.6 Å². The van der Waals surface area contributed by atoms with Crippen LogP contribution in [-0.4, -0.2) is 34.8 Å². The highest BCUT2D eigenvalue weighted by Gasteiger charge is 2.25. The number of aliphatic hydroxyl groups is 1. The Labute approximate surface area is 110 Å². The summed E-state index contributed by atoms with van der Waals surface area (Å²) in [6, 6.07) is 0. The molecule has 1 aliphatic rings. The lowest BCUT2D eigenvalue weighted by molar-refractivity contribution is 0.238. The van der Waals surface area contributed by atoms with Crippen molar-refractivity contribution in [3.05, 3.63) is 16.8 Å². The first-order valence-corrected chi connectivity index (χ1v) is 7.09. The number of hydrogen-bond acceptors (Lipinski definition) is 5. The fraction of sp³-hybridized carbons (Fsp3) is 0.538. The predicted octanol–water partition coefficient (Wildman–Crippen LogP) is 2.13. The van der Waals surface area contributed by atoms with Crippen LogP contribution in [0, 0.1) is 19.8 Å². The summed E-state index contributed by atoms with van der Waals surface area (Å²) in [5.74, 6) is 1.42. The molecule has 1 unspecified atom stereocenters. The van der Waals surface area contributed by atoms with Crippen molar-refractivity contribution < 1.29 is 5.11 Å². The van der Waals surface area contributed by atoms with Crippen molar-refractivity contribution in [2.24, 2.45) is 5.92 Å². The third kappa shape index (κ3) is 1.78. The lowest BCUT2D eigenvalue weighted by atomic mass is 10.1. The van der Waals surface area contributed by atoms with E-state index in [4.69, 9.17) is 0 Å². The largest absolute Gasteiger partial charge is 0.396 e. The standard InChI is InChI=1S/C13H17N3OS/c1-8-9(2)18-13-11(8)12(14-7-15-13)16-4-3-10(5-16)6-17/h7,10,17H,3-6H2,1-2H3. The minimum absolute atomic E-state index is 0.270. The molecule has 2 aromatic heterocycles. The number of nitrogens with zero attached hydrogens (tertiary/aromatic N) is 3. The number of aromatic nitrogens is 2. The summed E-state index contributed by atoms with van der Waals surface area (Å²) in [7, 11) is 0. The van der Waals surface area contributed by atoms with Crippen LogP contribution in [0.15, 0.2) is 6.33 Å². The van der Waals surface area contributed by atoms with Crippen molar-refractivity contribution in [1.82, 2.24) is 9.97 Å². The Morgan fingerprint density at radius 1 is 1.44 bits per heavy atom. The van der Waals surface area contributed by atoms with Crippen LogP contribution in [0.1, 0.15) is 16.9 Å². The molecule has 0 aromatic carbocycles. The van der Waals surface area contributed by atoms with Gasteiger partial charge in [-0.25, -0.2) is 9.97 Å². The van der Waals surface area contributed by atoms with Crippen LogP contribution in [0.5, 0.6) is 0 Å². The maximum atomic E-state index is 9.25. The van der Waals surface area contributed by atoms with E-state index in [2.05, 4.69) is 28.7 Å². The summed E-state index contributed by atoms with van der Waals surface area (Å²) in [6.45, 7) is 6.42. The number of aliphatic hydroxyl groups excluding tert-OH is 1. The highest BCUT2D eigenvalue weighted by Crippen LogP contribution is 2.35. The molecule has 0 aliphatic carbocycles. The molecule has 3 rings (SSSR count). The summed E-state index contributed by atoms with van der Waals surface area (Å²) >= 11 is 1.73. The van der Waals surface area contributed by atoms with Crippen molar-refractivity contribution in [1.29, 1.82) is 0 Å². The van der Waals surface area contributed by atoms with Gasteiger partial charge in [-0.15, -0.1) is 11.3 Å². The lowest BCUT2D eigenvalue weighted by Gasteiger charge is -2.18. The normalized spacial score (nSPS) is 19.9. The van der Waals surface area contributed by atoms with Crippen molar-refractivity contribution >= 4 is 27.4 Å². The smallest absolute Gasteiger partial charge is 0.141 e. The summed E-state index contributed by atoms with van der Waals surface area (Å²) in [6.07, 6.45) is 2.70. The molecule has 3 heterocycles. The van der Waals surface area contributed by atoms with Gasteiger partial charge in [-0.2, -0.15) is 0 Å². The molecule has 1 aliphatic heterocycles. The zero-order valence-electron chi connectivity index (χ0n) is 10.7. The van der Waals surface area contributed by atoms with Gasteiger partial charge in [0.05, 0.1) is 5.39 Å². The molecule has 0 spiro atoms. The molecular weight excluding hydrogens is 246 g/mol. The van der Waals surface area contributed by atoms with Gasteiger partial charge in [0.1, 0.15) is 17.0 Å². The summed E-state index contributed by atoms with van der Waals surface area (Å²) in [5, 5.41) is 10.4. The first-order chi connectivity index (χ1) is 8.70. The van der Waals surface area contributed by atoms with E-state index in [0.29, 0.717) is 5.92 Å². The first-order valence-electron chi connectivity index (χ1n) is 6.27. The summed E-state index contributed by atoms with van der Waals surface area (Å²) < 4.78 is 0. The van der Waals surface area contributed by atoms with E-state index in [1.807, 2.05) is 0 Å². The minimum atomic E-state index is 0.270. The molecule has 1 saturated heterocycles. The van der Waals surface area contributed by atoms with Gasteiger partial charge >= 0.3 is 0 Å². The molecule has 1 atom stereocenters. The second kappa shape index (κ2) is 4.48. The van der Waals surface area contributed by atoms with E-state index in [-0.39, 0.29) is 6.61 Å². The molecule has 0 radical (unpaired) electrons. The Kier molecular flexibility index (Phi) is 2.95. The van der Waals surface area contributed by atoms with Gasteiger partial charge < -0.3 is 10.0 Å². The zero-order valence-corrected chi connectivity index (χ0v) is 11.5. The highest BCUT2D eigenvalue weighted by atomic mass is 32.1. The Balaban J connectivity index is 2.07. The third-order valence-electron chi connectivity index (χ3n) is 3.79. The van der Waals surface area contributed by atoms with E-state index in [1.165, 1.54) is 15.8 Å². The van der Waals surface area contributed by atoms with Gasteiger partial charge in [0.15, 0.2) is 0 Å².